The number of carbonyl (C=O) groups excluding carboxylic acids is 2. The molecule has 1 aromatic carbocycles. The Morgan fingerprint density at radius 2 is 1.93 bits per heavy atom. The summed E-state index contributed by atoms with van der Waals surface area (Å²) in [6.45, 7) is 3.08. The minimum absolute atomic E-state index is 0. The van der Waals surface area contributed by atoms with Crippen LogP contribution in [0.4, 0.5) is 0 Å². The molecule has 1 aliphatic heterocycles. The number of likely N-dealkylation sites (tertiary alicyclic amines) is 1. The molecule has 2 N–H and O–H groups in total. The predicted molar refractivity (Wildman–Crippen MR) is 109 cm³/mol. The van der Waals surface area contributed by atoms with Gasteiger partial charge in [0.1, 0.15) is 17.5 Å². The molecule has 2 amide bonds. The molecule has 1 heterocycles. The van der Waals surface area contributed by atoms with Gasteiger partial charge < -0.3 is 29.7 Å². The molecule has 8 nitrogen and oxygen atoms in total. The summed E-state index contributed by atoms with van der Waals surface area (Å²) in [5, 5.41) is 6.07. The van der Waals surface area contributed by atoms with Gasteiger partial charge in [-0.3, -0.25) is 9.59 Å². The monoisotopic (exact) mass is 415 g/mol. The van der Waals surface area contributed by atoms with Gasteiger partial charge >= 0.3 is 0 Å². The van der Waals surface area contributed by atoms with Gasteiger partial charge in [0.15, 0.2) is 0 Å². The second kappa shape index (κ2) is 12.4. The normalized spacial score (nSPS) is 15.7. The van der Waals surface area contributed by atoms with Crippen LogP contribution in [0.25, 0.3) is 0 Å². The van der Waals surface area contributed by atoms with E-state index in [-0.39, 0.29) is 24.2 Å². The standard InChI is InChI=1S/C19H29N3O5.ClH/c1-25-12-10-20-8-9-21-18(23)16-5-4-11-22(16)19(24)15-7-6-14(26-2)13-17(15)27-3;/h6-7,13,16,20H,4-5,8-12H2,1-3H3,(H,21,23);1H. The Hall–Kier alpha value is -2.03. The summed E-state index contributed by atoms with van der Waals surface area (Å²) in [7, 11) is 4.71. The van der Waals surface area contributed by atoms with Crippen molar-refractivity contribution < 1.29 is 23.8 Å². The number of nitrogens with one attached hydrogen (secondary N) is 2. The van der Waals surface area contributed by atoms with E-state index in [1.54, 1.807) is 37.3 Å². The SMILES string of the molecule is COCCNCCNC(=O)C1CCCN1C(=O)c1ccc(OC)cc1OC.Cl. The highest BCUT2D eigenvalue weighted by atomic mass is 35.5. The Labute approximate surface area is 172 Å². The smallest absolute Gasteiger partial charge is 0.258 e. The Morgan fingerprint density at radius 1 is 1.14 bits per heavy atom. The number of amides is 2. The van der Waals surface area contributed by atoms with E-state index in [2.05, 4.69) is 10.6 Å². The van der Waals surface area contributed by atoms with Crippen molar-refractivity contribution in [2.24, 2.45) is 0 Å². The van der Waals surface area contributed by atoms with Crippen molar-refractivity contribution in [1.29, 1.82) is 0 Å². The third-order valence-corrected chi connectivity index (χ3v) is 4.54. The molecule has 1 saturated heterocycles. The van der Waals surface area contributed by atoms with E-state index >= 15 is 0 Å². The summed E-state index contributed by atoms with van der Waals surface area (Å²) in [5.74, 6) is 0.722. The van der Waals surface area contributed by atoms with Gasteiger partial charge in [0, 0.05) is 39.4 Å². The maximum absolute atomic E-state index is 13.0. The van der Waals surface area contributed by atoms with Crippen LogP contribution in [0.3, 0.4) is 0 Å². The molecule has 1 aromatic rings. The highest BCUT2D eigenvalue weighted by Crippen LogP contribution is 2.28. The van der Waals surface area contributed by atoms with Crippen molar-refractivity contribution in [1.82, 2.24) is 15.5 Å². The molecule has 2 rings (SSSR count). The Kier molecular flexibility index (Phi) is 10.7. The average molecular weight is 416 g/mol. The fraction of sp³-hybridized carbons (Fsp3) is 0.579. The first-order valence-corrected chi connectivity index (χ1v) is 9.12. The minimum atomic E-state index is -0.455. The van der Waals surface area contributed by atoms with Crippen LogP contribution in [-0.4, -0.2) is 76.9 Å². The van der Waals surface area contributed by atoms with E-state index in [1.807, 2.05) is 0 Å². The number of carbonyl (C=O) groups is 2. The molecular weight excluding hydrogens is 386 g/mol. The molecule has 0 bridgehead atoms. The van der Waals surface area contributed by atoms with E-state index in [0.29, 0.717) is 49.7 Å². The van der Waals surface area contributed by atoms with Gasteiger partial charge in [-0.1, -0.05) is 0 Å². The lowest BCUT2D eigenvalue weighted by atomic mass is 10.1. The summed E-state index contributed by atoms with van der Waals surface area (Å²) in [5.41, 5.74) is 0.430. The van der Waals surface area contributed by atoms with Crippen molar-refractivity contribution in [3.8, 4) is 11.5 Å². The molecule has 28 heavy (non-hydrogen) atoms. The van der Waals surface area contributed by atoms with Gasteiger partial charge in [-0.15, -0.1) is 12.4 Å². The highest BCUT2D eigenvalue weighted by Gasteiger charge is 2.35. The van der Waals surface area contributed by atoms with Crippen LogP contribution < -0.4 is 20.1 Å². The number of hydrogen-bond acceptors (Lipinski definition) is 6. The lowest BCUT2D eigenvalue weighted by molar-refractivity contribution is -0.124. The zero-order valence-electron chi connectivity index (χ0n) is 16.7. The van der Waals surface area contributed by atoms with Gasteiger partial charge in [-0.2, -0.15) is 0 Å². The summed E-state index contributed by atoms with van der Waals surface area (Å²) in [6.07, 6.45) is 1.46. The second-order valence-corrected chi connectivity index (χ2v) is 6.26. The van der Waals surface area contributed by atoms with E-state index in [0.717, 1.165) is 13.0 Å². The van der Waals surface area contributed by atoms with E-state index < -0.39 is 6.04 Å². The number of hydrogen-bond donors (Lipinski definition) is 2. The Morgan fingerprint density at radius 3 is 2.61 bits per heavy atom. The third kappa shape index (κ3) is 6.25. The quantitative estimate of drug-likeness (QED) is 0.556. The number of ether oxygens (including phenoxy) is 3. The predicted octanol–water partition coefficient (Wildman–Crippen LogP) is 1.08. The van der Waals surface area contributed by atoms with E-state index in [1.165, 1.54) is 7.11 Å². The summed E-state index contributed by atoms with van der Waals surface area (Å²) >= 11 is 0. The number of nitrogens with zero attached hydrogens (tertiary/aromatic N) is 1. The van der Waals surface area contributed by atoms with Crippen molar-refractivity contribution in [3.05, 3.63) is 23.8 Å². The van der Waals surface area contributed by atoms with Crippen LogP contribution in [0.5, 0.6) is 11.5 Å². The van der Waals surface area contributed by atoms with Gasteiger partial charge in [0.2, 0.25) is 5.91 Å². The van der Waals surface area contributed by atoms with Gasteiger partial charge in [-0.25, -0.2) is 0 Å². The Balaban J connectivity index is 0.00000392. The molecule has 0 spiro atoms. The highest BCUT2D eigenvalue weighted by molar-refractivity contribution is 6.00. The van der Waals surface area contributed by atoms with Crippen molar-refractivity contribution in [2.45, 2.75) is 18.9 Å². The van der Waals surface area contributed by atoms with Crippen molar-refractivity contribution in [2.75, 3.05) is 54.1 Å². The molecule has 0 radical (unpaired) electrons. The zero-order valence-corrected chi connectivity index (χ0v) is 17.5. The van der Waals surface area contributed by atoms with Gasteiger partial charge in [0.05, 0.1) is 26.4 Å². The lowest BCUT2D eigenvalue weighted by Crippen LogP contribution is -2.47. The van der Waals surface area contributed by atoms with Crippen LogP contribution in [-0.2, 0) is 9.53 Å². The largest absolute Gasteiger partial charge is 0.497 e. The first-order chi connectivity index (χ1) is 13.1. The van der Waals surface area contributed by atoms with Crippen LogP contribution >= 0.6 is 12.4 Å². The summed E-state index contributed by atoms with van der Waals surface area (Å²) in [4.78, 5) is 27.1. The molecule has 9 heteroatoms. The third-order valence-electron chi connectivity index (χ3n) is 4.54. The van der Waals surface area contributed by atoms with E-state index in [9.17, 15) is 9.59 Å². The van der Waals surface area contributed by atoms with Crippen molar-refractivity contribution >= 4 is 24.2 Å². The summed E-state index contributed by atoms with van der Waals surface area (Å²) < 4.78 is 15.5. The lowest BCUT2D eigenvalue weighted by Gasteiger charge is -2.25. The molecule has 0 aromatic heterocycles. The number of halogens is 1. The second-order valence-electron chi connectivity index (χ2n) is 6.26. The molecule has 0 saturated carbocycles. The average Bonchev–Trinajstić information content (AvgIpc) is 3.19. The first-order valence-electron chi connectivity index (χ1n) is 9.12. The molecule has 1 fully saturated rings. The fourth-order valence-electron chi connectivity index (χ4n) is 3.10. The molecule has 158 valence electrons. The number of methoxy groups -OCH3 is 3. The fourth-order valence-corrected chi connectivity index (χ4v) is 3.10. The van der Waals surface area contributed by atoms with Crippen LogP contribution in [0.2, 0.25) is 0 Å². The summed E-state index contributed by atoms with van der Waals surface area (Å²) in [6, 6.07) is 4.60. The first kappa shape index (κ1) is 24.0. The number of benzene rings is 1. The molecule has 0 aliphatic carbocycles. The van der Waals surface area contributed by atoms with Crippen LogP contribution in [0, 0.1) is 0 Å². The maximum Gasteiger partial charge on any atom is 0.258 e. The molecular formula is C19H30ClN3O5. The molecule has 1 atom stereocenters. The van der Waals surface area contributed by atoms with Gasteiger partial charge in [0.25, 0.3) is 5.91 Å². The van der Waals surface area contributed by atoms with Gasteiger partial charge in [-0.05, 0) is 25.0 Å². The van der Waals surface area contributed by atoms with Crippen LogP contribution in [0.1, 0.15) is 23.2 Å². The minimum Gasteiger partial charge on any atom is -0.497 e. The van der Waals surface area contributed by atoms with E-state index in [4.69, 9.17) is 14.2 Å². The van der Waals surface area contributed by atoms with Crippen molar-refractivity contribution in [3.63, 3.8) is 0 Å². The topological polar surface area (TPSA) is 89.1 Å². The molecule has 1 aliphatic rings. The Bertz CT molecular complexity index is 644. The maximum atomic E-state index is 13.0. The zero-order chi connectivity index (χ0) is 19.6. The number of rotatable bonds is 10. The van der Waals surface area contributed by atoms with Crippen LogP contribution in [0.15, 0.2) is 18.2 Å². The molecule has 1 unspecified atom stereocenters.